The third-order valence-electron chi connectivity index (χ3n) is 2.85. The van der Waals surface area contributed by atoms with Crippen molar-refractivity contribution in [3.63, 3.8) is 0 Å². The van der Waals surface area contributed by atoms with Crippen LogP contribution in [0.4, 0.5) is 0 Å². The molecule has 1 aliphatic rings. The molecule has 0 aromatic heterocycles. The van der Waals surface area contributed by atoms with Crippen LogP contribution in [0.25, 0.3) is 0 Å². The summed E-state index contributed by atoms with van der Waals surface area (Å²) in [5, 5.41) is 3.33. The summed E-state index contributed by atoms with van der Waals surface area (Å²) < 4.78 is 0. The minimum atomic E-state index is 0.468. The van der Waals surface area contributed by atoms with E-state index in [-0.39, 0.29) is 0 Å². The van der Waals surface area contributed by atoms with E-state index in [1.165, 1.54) is 38.5 Å². The van der Waals surface area contributed by atoms with Crippen molar-refractivity contribution in [1.82, 2.24) is 5.32 Å². The Morgan fingerprint density at radius 1 is 1.17 bits per heavy atom. The lowest BCUT2D eigenvalue weighted by atomic mass is 9.87. The van der Waals surface area contributed by atoms with Crippen LogP contribution in [0.5, 0.6) is 0 Å². The van der Waals surface area contributed by atoms with Crippen LogP contribution < -0.4 is 5.32 Å². The highest BCUT2D eigenvalue weighted by atomic mass is 14.9. The van der Waals surface area contributed by atoms with Crippen LogP contribution in [0.15, 0.2) is 0 Å². The fraction of sp³-hybridized carbons (Fsp3) is 0.818. The van der Waals surface area contributed by atoms with Gasteiger partial charge in [0.05, 0.1) is 0 Å². The van der Waals surface area contributed by atoms with Crippen molar-refractivity contribution >= 4 is 0 Å². The summed E-state index contributed by atoms with van der Waals surface area (Å²) in [5.74, 6) is 3.38. The number of terminal acetylenes is 1. The lowest BCUT2D eigenvalue weighted by Gasteiger charge is -2.24. The third-order valence-corrected chi connectivity index (χ3v) is 2.85. The molecule has 1 rings (SSSR count). The van der Waals surface area contributed by atoms with Crippen LogP contribution in [0.1, 0.15) is 38.5 Å². The first-order valence-electron chi connectivity index (χ1n) is 5.02. The summed E-state index contributed by atoms with van der Waals surface area (Å²) in [6, 6.07) is 0.565. The van der Waals surface area contributed by atoms with Gasteiger partial charge in [0, 0.05) is 12.0 Å². The zero-order valence-corrected chi connectivity index (χ0v) is 7.97. The molecule has 1 aliphatic carbocycles. The molecular weight excluding hydrogens is 146 g/mol. The molecule has 1 nitrogen and oxygen atoms in total. The van der Waals surface area contributed by atoms with Gasteiger partial charge in [0.15, 0.2) is 0 Å². The molecule has 1 N–H and O–H groups in total. The summed E-state index contributed by atoms with van der Waals surface area (Å²) >= 11 is 0. The smallest absolute Gasteiger partial charge is 0.0353 e. The van der Waals surface area contributed by atoms with Gasteiger partial charge in [-0.1, -0.05) is 25.7 Å². The van der Waals surface area contributed by atoms with Crippen LogP contribution in [0, 0.1) is 18.3 Å². The van der Waals surface area contributed by atoms with E-state index < -0.39 is 0 Å². The fourth-order valence-electron chi connectivity index (χ4n) is 2.03. The SMILES string of the molecule is C#CC1CCCCCC[C@H]1NC. The van der Waals surface area contributed by atoms with E-state index >= 15 is 0 Å². The standard InChI is InChI=1S/C11H19N/c1-3-10-8-6-4-5-7-9-11(10)12-2/h1,10-12H,4-9H2,2H3/t10?,11-/m1/s1. The van der Waals surface area contributed by atoms with E-state index in [9.17, 15) is 0 Å². The van der Waals surface area contributed by atoms with Crippen LogP contribution >= 0.6 is 0 Å². The largest absolute Gasteiger partial charge is 0.316 e. The fourth-order valence-corrected chi connectivity index (χ4v) is 2.03. The van der Waals surface area contributed by atoms with Gasteiger partial charge in [-0.2, -0.15) is 0 Å². The molecular formula is C11H19N. The van der Waals surface area contributed by atoms with Gasteiger partial charge in [-0.15, -0.1) is 12.3 Å². The Balaban J connectivity index is 2.47. The van der Waals surface area contributed by atoms with Gasteiger partial charge in [0.2, 0.25) is 0 Å². The topological polar surface area (TPSA) is 12.0 Å². The maximum atomic E-state index is 5.50. The molecule has 0 saturated heterocycles. The van der Waals surface area contributed by atoms with E-state index in [1.807, 2.05) is 7.05 Å². The second-order valence-corrected chi connectivity index (χ2v) is 3.66. The Hall–Kier alpha value is -0.480. The molecule has 2 atom stereocenters. The summed E-state index contributed by atoms with van der Waals surface area (Å²) in [4.78, 5) is 0. The molecule has 0 radical (unpaired) electrons. The average Bonchev–Trinajstić information content (AvgIpc) is 2.05. The highest BCUT2D eigenvalue weighted by Gasteiger charge is 2.18. The molecule has 0 spiro atoms. The highest BCUT2D eigenvalue weighted by molar-refractivity contribution is 4.99. The first kappa shape index (κ1) is 9.61. The summed E-state index contributed by atoms with van der Waals surface area (Å²) in [5.41, 5.74) is 0. The van der Waals surface area contributed by atoms with E-state index in [2.05, 4.69) is 11.2 Å². The van der Waals surface area contributed by atoms with E-state index in [0.717, 1.165) is 0 Å². The minimum absolute atomic E-state index is 0.468. The van der Waals surface area contributed by atoms with Gasteiger partial charge >= 0.3 is 0 Å². The maximum absolute atomic E-state index is 5.50. The third kappa shape index (κ3) is 2.53. The van der Waals surface area contributed by atoms with Gasteiger partial charge in [-0.25, -0.2) is 0 Å². The van der Waals surface area contributed by atoms with E-state index in [1.54, 1.807) is 0 Å². The molecule has 1 fully saturated rings. The molecule has 0 amide bonds. The van der Waals surface area contributed by atoms with E-state index in [0.29, 0.717) is 12.0 Å². The van der Waals surface area contributed by atoms with Crippen LogP contribution in [0.2, 0.25) is 0 Å². The van der Waals surface area contributed by atoms with Crippen LogP contribution in [-0.2, 0) is 0 Å². The Kier molecular flexibility index (Phi) is 4.18. The Morgan fingerprint density at radius 3 is 2.42 bits per heavy atom. The van der Waals surface area contributed by atoms with Gasteiger partial charge in [-0.3, -0.25) is 0 Å². The second kappa shape index (κ2) is 5.22. The maximum Gasteiger partial charge on any atom is 0.0353 e. The second-order valence-electron chi connectivity index (χ2n) is 3.66. The van der Waals surface area contributed by atoms with Crippen molar-refractivity contribution < 1.29 is 0 Å². The van der Waals surface area contributed by atoms with Gasteiger partial charge < -0.3 is 5.32 Å². The Labute approximate surface area is 75.9 Å². The number of rotatable bonds is 1. The first-order chi connectivity index (χ1) is 5.88. The minimum Gasteiger partial charge on any atom is -0.316 e. The van der Waals surface area contributed by atoms with Crippen molar-refractivity contribution in [2.24, 2.45) is 5.92 Å². The van der Waals surface area contributed by atoms with Crippen molar-refractivity contribution in [3.8, 4) is 12.3 Å². The molecule has 0 aromatic rings. The molecule has 0 aliphatic heterocycles. The molecule has 1 unspecified atom stereocenters. The van der Waals surface area contributed by atoms with Crippen molar-refractivity contribution in [2.45, 2.75) is 44.6 Å². The monoisotopic (exact) mass is 165 g/mol. The van der Waals surface area contributed by atoms with Crippen LogP contribution in [-0.4, -0.2) is 13.1 Å². The van der Waals surface area contributed by atoms with E-state index in [4.69, 9.17) is 6.42 Å². The summed E-state index contributed by atoms with van der Waals surface area (Å²) in [7, 11) is 2.02. The summed E-state index contributed by atoms with van der Waals surface area (Å²) in [6.45, 7) is 0. The van der Waals surface area contributed by atoms with Crippen molar-refractivity contribution in [1.29, 1.82) is 0 Å². The first-order valence-corrected chi connectivity index (χ1v) is 5.02. The molecule has 12 heavy (non-hydrogen) atoms. The Morgan fingerprint density at radius 2 is 1.83 bits per heavy atom. The molecule has 1 saturated carbocycles. The van der Waals surface area contributed by atoms with Crippen molar-refractivity contribution in [3.05, 3.63) is 0 Å². The number of hydrogen-bond donors (Lipinski definition) is 1. The van der Waals surface area contributed by atoms with Gasteiger partial charge in [0.1, 0.15) is 0 Å². The number of nitrogens with one attached hydrogen (secondary N) is 1. The normalized spacial score (nSPS) is 31.7. The quantitative estimate of drug-likeness (QED) is 0.587. The zero-order valence-electron chi connectivity index (χ0n) is 7.97. The van der Waals surface area contributed by atoms with Gasteiger partial charge in [0.25, 0.3) is 0 Å². The average molecular weight is 165 g/mol. The Bertz CT molecular complexity index is 157. The molecule has 0 heterocycles. The number of hydrogen-bond acceptors (Lipinski definition) is 1. The van der Waals surface area contributed by atoms with Crippen LogP contribution in [0.3, 0.4) is 0 Å². The lowest BCUT2D eigenvalue weighted by molar-refractivity contribution is 0.352. The molecule has 0 aromatic carbocycles. The molecule has 1 heteroatoms. The lowest BCUT2D eigenvalue weighted by Crippen LogP contribution is -2.33. The zero-order chi connectivity index (χ0) is 8.81. The predicted molar refractivity (Wildman–Crippen MR) is 52.9 cm³/mol. The molecule has 0 bridgehead atoms. The molecule has 68 valence electrons. The summed E-state index contributed by atoms with van der Waals surface area (Å²) in [6.07, 6.45) is 13.4. The highest BCUT2D eigenvalue weighted by Crippen LogP contribution is 2.21. The van der Waals surface area contributed by atoms with Gasteiger partial charge in [-0.05, 0) is 19.9 Å². The predicted octanol–water partition coefficient (Wildman–Crippen LogP) is 2.18. The van der Waals surface area contributed by atoms with Crippen molar-refractivity contribution in [2.75, 3.05) is 7.05 Å².